The second-order valence-electron chi connectivity index (χ2n) is 12.7. The molecular formula is C34H47N3O7. The maximum Gasteiger partial charge on any atom is 0.312 e. The van der Waals surface area contributed by atoms with E-state index in [-0.39, 0.29) is 43.3 Å². The number of carbonyl (C=O) groups excluding carboxylic acids is 4. The van der Waals surface area contributed by atoms with Crippen LogP contribution >= 0.6 is 0 Å². The summed E-state index contributed by atoms with van der Waals surface area (Å²) in [6.45, 7) is 16.8. The Morgan fingerprint density at radius 1 is 1.23 bits per heavy atom. The number of nitrogens with one attached hydrogen (secondary N) is 1. The van der Waals surface area contributed by atoms with E-state index >= 15 is 0 Å². The van der Waals surface area contributed by atoms with Gasteiger partial charge in [-0.1, -0.05) is 38.1 Å². The Kier molecular flexibility index (Phi) is 10.4. The van der Waals surface area contributed by atoms with Gasteiger partial charge in [-0.05, 0) is 63.1 Å². The number of likely N-dealkylation sites (tertiary alicyclic amines) is 1. The SMILES string of the molecule is C=CCCC(=O)NC[C@H](C)OC(=O)[C@@H]1[C@@H]2CC[C@]3(O2)[C@H](C(=O)N(CC=C)c2cc(C)ccc2C)N([C@@H](CO)C(C)C)C(=O)[C@@H]13. The van der Waals surface area contributed by atoms with Crippen molar-refractivity contribution < 1.29 is 33.8 Å². The van der Waals surface area contributed by atoms with Crippen LogP contribution < -0.4 is 10.2 Å². The van der Waals surface area contributed by atoms with Crippen molar-refractivity contribution in [1.29, 1.82) is 0 Å². The number of benzene rings is 1. The van der Waals surface area contributed by atoms with Gasteiger partial charge in [-0.15, -0.1) is 13.2 Å². The number of aliphatic hydroxyl groups is 1. The van der Waals surface area contributed by atoms with E-state index in [9.17, 15) is 24.3 Å². The van der Waals surface area contributed by atoms with Crippen molar-refractivity contribution in [3.8, 4) is 0 Å². The van der Waals surface area contributed by atoms with Crippen LogP contribution in [0.4, 0.5) is 5.69 Å². The van der Waals surface area contributed by atoms with Gasteiger partial charge >= 0.3 is 5.97 Å². The van der Waals surface area contributed by atoms with Gasteiger partial charge in [-0.3, -0.25) is 19.2 Å². The zero-order valence-electron chi connectivity index (χ0n) is 26.6. The first-order valence-electron chi connectivity index (χ1n) is 15.6. The van der Waals surface area contributed by atoms with Crippen LogP contribution in [0.25, 0.3) is 0 Å². The summed E-state index contributed by atoms with van der Waals surface area (Å²) >= 11 is 0. The molecule has 240 valence electrons. The van der Waals surface area contributed by atoms with E-state index in [0.29, 0.717) is 31.4 Å². The number of amides is 3. The van der Waals surface area contributed by atoms with Crippen LogP contribution in [0.2, 0.25) is 0 Å². The standard InChI is InChI=1S/C34H47N3O7/c1-8-10-11-27(39)35-18-23(7)43-33(42)28-26-14-15-34(44-26)29(28)31(40)37(25(19-38)20(3)4)30(34)32(41)36(16-9-2)24-17-21(5)12-13-22(24)6/h8-9,12-13,17,20,23,25-26,28-30,38H,1-2,10-11,14-16,18-19H2,3-7H3,(H,35,39)/t23-,25-,26-,28+,29+,30-,34+/m0/s1. The number of nitrogens with zero attached hydrogens (tertiary/aromatic N) is 2. The molecule has 3 aliphatic heterocycles. The number of aliphatic hydroxyl groups excluding tert-OH is 1. The Morgan fingerprint density at radius 2 is 1.95 bits per heavy atom. The predicted molar refractivity (Wildman–Crippen MR) is 167 cm³/mol. The third-order valence-corrected chi connectivity index (χ3v) is 9.27. The number of aryl methyl sites for hydroxylation is 2. The highest BCUT2D eigenvalue weighted by atomic mass is 16.6. The van der Waals surface area contributed by atoms with Crippen molar-refractivity contribution in [1.82, 2.24) is 10.2 Å². The number of fused-ring (bicyclic) bond motifs is 1. The van der Waals surface area contributed by atoms with Gasteiger partial charge < -0.3 is 29.7 Å². The molecule has 0 saturated carbocycles. The summed E-state index contributed by atoms with van der Waals surface area (Å²) in [5.74, 6) is -3.49. The number of ether oxygens (including phenoxy) is 2. The summed E-state index contributed by atoms with van der Waals surface area (Å²) in [5, 5.41) is 13.2. The van der Waals surface area contributed by atoms with Crippen LogP contribution in [0, 0.1) is 31.6 Å². The molecule has 3 saturated heterocycles. The lowest BCUT2D eigenvalue weighted by Crippen LogP contribution is -2.60. The zero-order valence-corrected chi connectivity index (χ0v) is 26.6. The molecule has 1 spiro atoms. The normalized spacial score (nSPS) is 26.7. The minimum Gasteiger partial charge on any atom is -0.460 e. The van der Waals surface area contributed by atoms with E-state index in [1.807, 2.05) is 45.9 Å². The summed E-state index contributed by atoms with van der Waals surface area (Å²) < 4.78 is 12.3. The molecule has 3 aliphatic rings. The van der Waals surface area contributed by atoms with Gasteiger partial charge in [0.15, 0.2) is 0 Å². The molecule has 2 N–H and O–H groups in total. The number of esters is 1. The molecule has 3 heterocycles. The maximum absolute atomic E-state index is 14.8. The van der Waals surface area contributed by atoms with Gasteiger partial charge in [0, 0.05) is 18.7 Å². The van der Waals surface area contributed by atoms with Crippen LogP contribution in [0.5, 0.6) is 0 Å². The first kappa shape index (κ1) is 33.4. The number of allylic oxidation sites excluding steroid dienone is 1. The minimum atomic E-state index is -1.25. The van der Waals surface area contributed by atoms with Crippen molar-refractivity contribution in [3.63, 3.8) is 0 Å². The smallest absolute Gasteiger partial charge is 0.312 e. The molecule has 4 rings (SSSR count). The molecule has 0 radical (unpaired) electrons. The monoisotopic (exact) mass is 609 g/mol. The van der Waals surface area contributed by atoms with Gasteiger partial charge in [0.1, 0.15) is 17.7 Å². The average molecular weight is 610 g/mol. The molecule has 2 bridgehead atoms. The molecule has 10 nitrogen and oxygen atoms in total. The quantitative estimate of drug-likeness (QED) is 0.245. The van der Waals surface area contributed by atoms with Crippen LogP contribution in [0.15, 0.2) is 43.5 Å². The van der Waals surface area contributed by atoms with E-state index in [0.717, 1.165) is 11.1 Å². The van der Waals surface area contributed by atoms with Gasteiger partial charge in [0.25, 0.3) is 5.91 Å². The lowest BCUT2D eigenvalue weighted by molar-refractivity contribution is -0.160. The fourth-order valence-corrected chi connectivity index (χ4v) is 7.11. The second kappa shape index (κ2) is 13.6. The second-order valence-corrected chi connectivity index (χ2v) is 12.7. The van der Waals surface area contributed by atoms with Gasteiger partial charge in [0.05, 0.1) is 37.1 Å². The third-order valence-electron chi connectivity index (χ3n) is 9.27. The fraction of sp³-hybridized carbons (Fsp3) is 0.588. The fourth-order valence-electron chi connectivity index (χ4n) is 7.11. The number of rotatable bonds is 14. The Morgan fingerprint density at radius 3 is 2.59 bits per heavy atom. The Bertz CT molecular complexity index is 1300. The molecule has 1 aromatic rings. The predicted octanol–water partition coefficient (Wildman–Crippen LogP) is 3.23. The van der Waals surface area contributed by atoms with E-state index in [4.69, 9.17) is 9.47 Å². The lowest BCUT2D eigenvalue weighted by Gasteiger charge is -2.40. The molecule has 0 aromatic heterocycles. The highest BCUT2D eigenvalue weighted by Crippen LogP contribution is 2.59. The molecule has 3 amide bonds. The molecule has 1 aromatic carbocycles. The van der Waals surface area contributed by atoms with E-state index in [1.54, 1.807) is 24.0 Å². The van der Waals surface area contributed by atoms with Gasteiger partial charge in [0.2, 0.25) is 11.8 Å². The maximum atomic E-state index is 14.8. The van der Waals surface area contributed by atoms with Crippen molar-refractivity contribution in [2.75, 3.05) is 24.6 Å². The number of anilines is 1. The van der Waals surface area contributed by atoms with Crippen LogP contribution in [-0.2, 0) is 28.7 Å². The average Bonchev–Trinajstić information content (AvgIpc) is 3.62. The Hall–Kier alpha value is -3.50. The van der Waals surface area contributed by atoms with Gasteiger partial charge in [-0.2, -0.15) is 0 Å². The van der Waals surface area contributed by atoms with E-state index in [1.165, 1.54) is 4.90 Å². The minimum absolute atomic E-state index is 0.128. The van der Waals surface area contributed by atoms with E-state index < -0.39 is 47.7 Å². The summed E-state index contributed by atoms with van der Waals surface area (Å²) in [6, 6.07) is 4.14. The first-order chi connectivity index (χ1) is 20.9. The topological polar surface area (TPSA) is 125 Å². The van der Waals surface area contributed by atoms with Crippen molar-refractivity contribution in [2.24, 2.45) is 17.8 Å². The van der Waals surface area contributed by atoms with Gasteiger partial charge in [-0.25, -0.2) is 0 Å². The number of hydrogen-bond acceptors (Lipinski definition) is 7. The molecule has 0 aliphatic carbocycles. The molecule has 3 fully saturated rings. The summed E-state index contributed by atoms with van der Waals surface area (Å²) in [4.78, 5) is 58.0. The van der Waals surface area contributed by atoms with Crippen molar-refractivity contribution in [3.05, 3.63) is 54.6 Å². The molecule has 44 heavy (non-hydrogen) atoms. The molecule has 10 heteroatoms. The third kappa shape index (κ3) is 6.06. The Balaban J connectivity index is 1.68. The van der Waals surface area contributed by atoms with Crippen molar-refractivity contribution >= 4 is 29.4 Å². The largest absolute Gasteiger partial charge is 0.460 e. The van der Waals surface area contributed by atoms with Crippen molar-refractivity contribution in [2.45, 2.75) is 90.2 Å². The lowest BCUT2D eigenvalue weighted by atomic mass is 9.70. The molecular weight excluding hydrogens is 562 g/mol. The molecule has 7 atom stereocenters. The highest BCUT2D eigenvalue weighted by molar-refractivity contribution is 6.05. The van der Waals surface area contributed by atoms with E-state index in [2.05, 4.69) is 18.5 Å². The number of hydrogen-bond donors (Lipinski definition) is 2. The first-order valence-corrected chi connectivity index (χ1v) is 15.6. The highest BCUT2D eigenvalue weighted by Gasteiger charge is 2.76. The zero-order chi connectivity index (χ0) is 32.3. The number of carbonyl (C=O) groups is 4. The summed E-state index contributed by atoms with van der Waals surface area (Å²) in [6.07, 6.45) is 3.84. The van der Waals surface area contributed by atoms with Crippen LogP contribution in [0.1, 0.15) is 57.6 Å². The molecule has 0 unspecified atom stereocenters. The summed E-state index contributed by atoms with van der Waals surface area (Å²) in [7, 11) is 0. The van der Waals surface area contributed by atoms with Crippen LogP contribution in [-0.4, -0.2) is 83.3 Å². The Labute approximate surface area is 260 Å². The van der Waals surface area contributed by atoms with Crippen LogP contribution in [0.3, 0.4) is 0 Å². The summed E-state index contributed by atoms with van der Waals surface area (Å²) in [5.41, 5.74) is 1.33.